The van der Waals surface area contributed by atoms with E-state index in [1.165, 1.54) is 32.1 Å². The van der Waals surface area contributed by atoms with Crippen LogP contribution >= 0.6 is 10.7 Å². The van der Waals surface area contributed by atoms with Crippen LogP contribution in [0.4, 0.5) is 16.3 Å². The number of hydrogen-bond donors (Lipinski definition) is 2. The van der Waals surface area contributed by atoms with Crippen molar-refractivity contribution in [1.82, 2.24) is 14.9 Å². The first-order valence-electron chi connectivity index (χ1n) is 19.7. The molecule has 0 atom stereocenters. The number of rotatable bonds is 13. The molecule has 310 valence electrons. The van der Waals surface area contributed by atoms with Gasteiger partial charge in [0.1, 0.15) is 11.7 Å². The molecule has 3 aliphatic rings. The van der Waals surface area contributed by atoms with Crippen LogP contribution in [0.25, 0.3) is 0 Å². The number of nitrogens with zero attached hydrogens (tertiary/aromatic N) is 4. The summed E-state index contributed by atoms with van der Waals surface area (Å²) in [5.74, 6) is 0.629. The average molecular weight is 844 g/mol. The molecular formula is C41H55ClN6O7S2. The second-order valence-electron chi connectivity index (χ2n) is 16.4. The van der Waals surface area contributed by atoms with Crippen molar-refractivity contribution >= 4 is 47.4 Å². The topological polar surface area (TPSA) is 181 Å². The Morgan fingerprint density at radius 1 is 0.895 bits per heavy atom. The third kappa shape index (κ3) is 14.3. The molecule has 16 heteroatoms. The molecule has 1 spiro atoms. The lowest BCUT2D eigenvalue weighted by molar-refractivity contribution is 0.0177. The Balaban J connectivity index is 0.000000486. The second kappa shape index (κ2) is 19.5. The number of nitriles is 1. The van der Waals surface area contributed by atoms with Crippen LogP contribution in [0.15, 0.2) is 60.7 Å². The van der Waals surface area contributed by atoms with Crippen molar-refractivity contribution in [3.05, 3.63) is 77.6 Å². The van der Waals surface area contributed by atoms with Gasteiger partial charge in [0.05, 0.1) is 18.1 Å². The van der Waals surface area contributed by atoms with Crippen LogP contribution in [0.1, 0.15) is 102 Å². The number of likely N-dealkylation sites (tertiary alicyclic amines) is 1. The Labute approximate surface area is 342 Å². The minimum absolute atomic E-state index is 0.0361. The minimum Gasteiger partial charge on any atom is -0.476 e. The molecule has 6 rings (SSSR count). The number of amides is 1. The van der Waals surface area contributed by atoms with Crippen molar-refractivity contribution in [3.63, 3.8) is 0 Å². The summed E-state index contributed by atoms with van der Waals surface area (Å²) in [5, 5.41) is 13.1. The number of sulfonamides is 1. The van der Waals surface area contributed by atoms with Crippen LogP contribution in [-0.2, 0) is 35.3 Å². The lowest BCUT2D eigenvalue weighted by atomic mass is 9.59. The summed E-state index contributed by atoms with van der Waals surface area (Å²) in [5.41, 5.74) is 1.49. The molecule has 0 radical (unpaired) electrons. The number of ether oxygens (including phenoxy) is 2. The summed E-state index contributed by atoms with van der Waals surface area (Å²) in [7, 11) is -2.23. The zero-order valence-electron chi connectivity index (χ0n) is 33.1. The molecule has 2 aromatic carbocycles. The highest BCUT2D eigenvalue weighted by Crippen LogP contribution is 2.52. The van der Waals surface area contributed by atoms with E-state index >= 15 is 0 Å². The summed E-state index contributed by atoms with van der Waals surface area (Å²) >= 11 is 0. The number of benzene rings is 2. The molecule has 1 saturated heterocycles. The van der Waals surface area contributed by atoms with Crippen molar-refractivity contribution in [2.75, 3.05) is 36.3 Å². The first kappa shape index (κ1) is 44.0. The van der Waals surface area contributed by atoms with Gasteiger partial charge in [-0.05, 0) is 107 Å². The van der Waals surface area contributed by atoms with E-state index in [0.29, 0.717) is 54.4 Å². The Hall–Kier alpha value is -4.13. The molecule has 13 nitrogen and oxygen atoms in total. The van der Waals surface area contributed by atoms with E-state index in [1.807, 2.05) is 39.0 Å². The van der Waals surface area contributed by atoms with Gasteiger partial charge in [-0.3, -0.25) is 4.72 Å². The molecule has 2 saturated carbocycles. The van der Waals surface area contributed by atoms with Crippen molar-refractivity contribution in [1.29, 1.82) is 5.26 Å². The van der Waals surface area contributed by atoms with E-state index in [9.17, 15) is 26.9 Å². The number of carbonyl (C=O) groups excluding carboxylic acids is 1. The number of carbonyl (C=O) groups is 1. The Morgan fingerprint density at radius 3 is 2.02 bits per heavy atom. The van der Waals surface area contributed by atoms with Crippen molar-refractivity contribution < 1.29 is 31.1 Å². The van der Waals surface area contributed by atoms with Crippen LogP contribution in [0.3, 0.4) is 0 Å². The highest BCUT2D eigenvalue weighted by atomic mass is 35.7. The summed E-state index contributed by atoms with van der Waals surface area (Å²) in [6.07, 6.45) is 10.7. The molecule has 0 unspecified atom stereocenters. The summed E-state index contributed by atoms with van der Waals surface area (Å²) in [6.45, 7) is 7.68. The Bertz CT molecular complexity index is 2040. The standard InChI is InChI=1S/C34H48N6O5S.C7H7ClO2S/c1-33(2,3)45-32(41)40-19-12-25(13-20-40)14-21-44-31-29(39-46(42,43)24-27-8-5-4-6-9-27)30(37-28(22-35)38-31)36-23-26-10-17-34(18-11-26)15-7-16-34;8-11(9,10)6-7-4-2-1-3-5-7/h4-6,8-9,25-26,39H,7,10-21,23-24H2,1-3H3,(H,36,37,38);1-5H,6H2. The zero-order chi connectivity index (χ0) is 41.1. The Morgan fingerprint density at radius 2 is 1.49 bits per heavy atom. The predicted molar refractivity (Wildman–Crippen MR) is 222 cm³/mol. The minimum atomic E-state index is -3.86. The fourth-order valence-corrected chi connectivity index (χ4v) is 9.70. The molecule has 3 aromatic rings. The predicted octanol–water partition coefficient (Wildman–Crippen LogP) is 8.23. The molecular weight excluding hydrogens is 788 g/mol. The van der Waals surface area contributed by atoms with Gasteiger partial charge >= 0.3 is 6.09 Å². The van der Waals surface area contributed by atoms with Gasteiger partial charge in [-0.25, -0.2) is 21.6 Å². The van der Waals surface area contributed by atoms with Crippen molar-refractivity contribution in [2.24, 2.45) is 17.3 Å². The third-order valence-corrected chi connectivity index (χ3v) is 13.0. The van der Waals surface area contributed by atoms with Crippen LogP contribution in [0.5, 0.6) is 5.88 Å². The molecule has 2 heterocycles. The average Bonchev–Trinajstić information content (AvgIpc) is 3.14. The van der Waals surface area contributed by atoms with Crippen LogP contribution in [0, 0.1) is 28.6 Å². The highest BCUT2D eigenvalue weighted by molar-refractivity contribution is 8.13. The van der Waals surface area contributed by atoms with Gasteiger partial charge in [-0.1, -0.05) is 67.1 Å². The molecule has 2 aliphatic carbocycles. The number of hydrogen-bond acceptors (Lipinski definition) is 11. The maximum Gasteiger partial charge on any atom is 0.410 e. The molecule has 1 aliphatic heterocycles. The first-order chi connectivity index (χ1) is 27.0. The molecule has 3 fully saturated rings. The molecule has 1 amide bonds. The van der Waals surface area contributed by atoms with E-state index in [-0.39, 0.29) is 47.4 Å². The fraction of sp³-hybridized carbons (Fsp3) is 0.561. The quantitative estimate of drug-likeness (QED) is 0.158. The van der Waals surface area contributed by atoms with Crippen LogP contribution in [0.2, 0.25) is 0 Å². The molecule has 2 N–H and O–H groups in total. The van der Waals surface area contributed by atoms with Crippen molar-refractivity contribution in [3.8, 4) is 11.9 Å². The Kier molecular flexibility index (Phi) is 15.1. The van der Waals surface area contributed by atoms with Gasteiger partial charge in [0, 0.05) is 30.3 Å². The van der Waals surface area contributed by atoms with E-state index in [2.05, 4.69) is 20.0 Å². The number of nitrogens with one attached hydrogen (secondary N) is 2. The van der Waals surface area contributed by atoms with E-state index in [4.69, 9.17) is 20.2 Å². The van der Waals surface area contributed by atoms with E-state index in [0.717, 1.165) is 25.7 Å². The SMILES string of the molecule is CC(C)(C)OC(=O)N1CCC(CCOc2nc(C#N)nc(NCC3CCC4(CCC4)CC3)c2NS(=O)(=O)Cc2ccccc2)CC1.O=S(=O)(Cl)Cc1ccccc1. The zero-order valence-corrected chi connectivity index (χ0v) is 35.5. The maximum atomic E-state index is 13.4. The lowest BCUT2D eigenvalue weighted by Crippen LogP contribution is -2.41. The van der Waals surface area contributed by atoms with Gasteiger partial charge in [0.15, 0.2) is 11.5 Å². The normalized spacial score (nSPS) is 17.4. The summed E-state index contributed by atoms with van der Waals surface area (Å²) in [6, 6.07) is 19.8. The van der Waals surface area contributed by atoms with Crippen molar-refractivity contribution in [2.45, 2.75) is 102 Å². The number of aromatic nitrogens is 2. The highest BCUT2D eigenvalue weighted by Gasteiger charge is 2.40. The number of halogens is 1. The largest absolute Gasteiger partial charge is 0.476 e. The van der Waals surface area contributed by atoms with Gasteiger partial charge in [-0.2, -0.15) is 15.2 Å². The monoisotopic (exact) mass is 842 g/mol. The summed E-state index contributed by atoms with van der Waals surface area (Å²) in [4.78, 5) is 22.9. The van der Waals surface area contributed by atoms with Gasteiger partial charge in [-0.15, -0.1) is 0 Å². The lowest BCUT2D eigenvalue weighted by Gasteiger charge is -2.47. The second-order valence-corrected chi connectivity index (χ2v) is 20.9. The molecule has 0 bridgehead atoms. The smallest absolute Gasteiger partial charge is 0.410 e. The van der Waals surface area contributed by atoms with Crippen LogP contribution in [-0.4, -0.2) is 69.6 Å². The van der Waals surface area contributed by atoms with E-state index < -0.39 is 24.7 Å². The van der Waals surface area contributed by atoms with Gasteiger partial charge in [0.25, 0.3) is 0 Å². The first-order valence-corrected chi connectivity index (χ1v) is 23.8. The third-order valence-electron chi connectivity index (χ3n) is 10.8. The molecule has 57 heavy (non-hydrogen) atoms. The van der Waals surface area contributed by atoms with E-state index in [1.54, 1.807) is 53.4 Å². The number of anilines is 2. The van der Waals surface area contributed by atoms with Crippen LogP contribution < -0.4 is 14.8 Å². The van der Waals surface area contributed by atoms with Gasteiger partial charge < -0.3 is 19.7 Å². The maximum absolute atomic E-state index is 13.4. The fourth-order valence-electron chi connectivity index (χ4n) is 7.54. The number of piperidine rings is 1. The molecule has 1 aromatic heterocycles. The van der Waals surface area contributed by atoms with Gasteiger partial charge in [0.2, 0.25) is 30.8 Å². The summed E-state index contributed by atoms with van der Waals surface area (Å²) < 4.78 is 62.2.